The van der Waals surface area contributed by atoms with Gasteiger partial charge in [0.2, 0.25) is 11.8 Å². The molecule has 3 rings (SSSR count). The molecule has 0 spiro atoms. The average molecular weight is 276 g/mol. The molecule has 0 radical (unpaired) electrons. The van der Waals surface area contributed by atoms with Gasteiger partial charge in [0, 0.05) is 38.2 Å². The quantitative estimate of drug-likeness (QED) is 0.822. The summed E-state index contributed by atoms with van der Waals surface area (Å²) in [5, 5.41) is 0. The van der Waals surface area contributed by atoms with Crippen molar-refractivity contribution in [2.75, 3.05) is 38.2 Å². The fraction of sp³-hybridized carbons (Fsp3) is 0.643. The van der Waals surface area contributed by atoms with Crippen LogP contribution in [0.3, 0.4) is 0 Å². The number of aromatic nitrogens is 2. The molecule has 0 unspecified atom stereocenters. The molecular weight excluding hydrogens is 256 g/mol. The van der Waals surface area contributed by atoms with Crippen molar-refractivity contribution in [2.45, 2.75) is 19.3 Å². The van der Waals surface area contributed by atoms with Gasteiger partial charge in [-0.15, -0.1) is 0 Å². The minimum Gasteiger partial charge on any atom is -0.481 e. The van der Waals surface area contributed by atoms with Gasteiger partial charge in [-0.1, -0.05) is 0 Å². The van der Waals surface area contributed by atoms with E-state index in [1.165, 1.54) is 6.33 Å². The van der Waals surface area contributed by atoms with Crippen LogP contribution >= 0.6 is 0 Å². The van der Waals surface area contributed by atoms with Gasteiger partial charge in [0.25, 0.3) is 0 Å². The number of carbonyl (C=O) groups excluding carboxylic acids is 1. The molecule has 1 aromatic heterocycles. The first-order chi connectivity index (χ1) is 9.78. The van der Waals surface area contributed by atoms with Gasteiger partial charge >= 0.3 is 0 Å². The van der Waals surface area contributed by atoms with Gasteiger partial charge in [0.15, 0.2) is 0 Å². The molecule has 1 aromatic rings. The highest BCUT2D eigenvalue weighted by Gasteiger charge is 2.33. The lowest BCUT2D eigenvalue weighted by Gasteiger charge is -2.22. The van der Waals surface area contributed by atoms with Crippen molar-refractivity contribution >= 4 is 11.7 Å². The summed E-state index contributed by atoms with van der Waals surface area (Å²) in [5.41, 5.74) is 0. The molecule has 0 bridgehead atoms. The Balaban J connectivity index is 1.65. The van der Waals surface area contributed by atoms with Crippen LogP contribution < -0.4 is 9.64 Å². The van der Waals surface area contributed by atoms with Gasteiger partial charge in [-0.2, -0.15) is 0 Å². The Morgan fingerprint density at radius 1 is 1.25 bits per heavy atom. The van der Waals surface area contributed by atoms with E-state index in [9.17, 15) is 4.79 Å². The van der Waals surface area contributed by atoms with Gasteiger partial charge in [-0.05, 0) is 19.3 Å². The number of nitrogens with zero attached hydrogens (tertiary/aromatic N) is 4. The molecule has 2 aliphatic rings. The molecule has 1 aliphatic carbocycles. The van der Waals surface area contributed by atoms with E-state index in [0.717, 1.165) is 51.3 Å². The van der Waals surface area contributed by atoms with E-state index in [4.69, 9.17) is 4.74 Å². The van der Waals surface area contributed by atoms with Crippen molar-refractivity contribution in [3.63, 3.8) is 0 Å². The second-order valence-corrected chi connectivity index (χ2v) is 5.36. The van der Waals surface area contributed by atoms with E-state index < -0.39 is 0 Å². The lowest BCUT2D eigenvalue weighted by molar-refractivity contribution is -0.132. The van der Waals surface area contributed by atoms with Crippen molar-refractivity contribution in [1.82, 2.24) is 14.9 Å². The third-order valence-corrected chi connectivity index (χ3v) is 3.89. The minimum absolute atomic E-state index is 0.306. The molecule has 108 valence electrons. The highest BCUT2D eigenvalue weighted by atomic mass is 16.5. The Kier molecular flexibility index (Phi) is 3.71. The van der Waals surface area contributed by atoms with Crippen molar-refractivity contribution in [3.8, 4) is 5.88 Å². The number of hydrogen-bond donors (Lipinski definition) is 0. The van der Waals surface area contributed by atoms with Crippen LogP contribution in [0.4, 0.5) is 5.82 Å². The molecule has 6 nitrogen and oxygen atoms in total. The topological polar surface area (TPSA) is 58.6 Å². The zero-order chi connectivity index (χ0) is 13.9. The number of ether oxygens (including phenoxy) is 1. The van der Waals surface area contributed by atoms with Crippen LogP contribution in [-0.2, 0) is 4.79 Å². The molecular formula is C14H20N4O2. The Morgan fingerprint density at radius 2 is 2.10 bits per heavy atom. The van der Waals surface area contributed by atoms with E-state index in [1.54, 1.807) is 7.11 Å². The molecule has 0 aromatic carbocycles. The maximum absolute atomic E-state index is 12.1. The highest BCUT2D eigenvalue weighted by Crippen LogP contribution is 2.31. The van der Waals surface area contributed by atoms with E-state index in [1.807, 2.05) is 11.0 Å². The van der Waals surface area contributed by atoms with Gasteiger partial charge in [-0.3, -0.25) is 4.79 Å². The SMILES string of the molecule is COc1cc(N2CCCN(C(=O)C3CC3)CC2)ncn1. The Bertz CT molecular complexity index is 490. The van der Waals surface area contributed by atoms with E-state index in [-0.39, 0.29) is 0 Å². The van der Waals surface area contributed by atoms with E-state index in [0.29, 0.717) is 17.7 Å². The fourth-order valence-electron chi connectivity index (χ4n) is 2.57. The van der Waals surface area contributed by atoms with Crippen molar-refractivity contribution in [3.05, 3.63) is 12.4 Å². The first-order valence-electron chi connectivity index (χ1n) is 7.17. The molecule has 6 heteroatoms. The number of amides is 1. The highest BCUT2D eigenvalue weighted by molar-refractivity contribution is 5.81. The Labute approximate surface area is 118 Å². The first kappa shape index (κ1) is 13.1. The molecule has 20 heavy (non-hydrogen) atoms. The van der Waals surface area contributed by atoms with Gasteiger partial charge in [0.05, 0.1) is 7.11 Å². The lowest BCUT2D eigenvalue weighted by atomic mass is 10.3. The minimum atomic E-state index is 0.306. The maximum Gasteiger partial charge on any atom is 0.225 e. The van der Waals surface area contributed by atoms with E-state index >= 15 is 0 Å². The lowest BCUT2D eigenvalue weighted by Crippen LogP contribution is -2.36. The standard InChI is InChI=1S/C14H20N4O2/c1-20-13-9-12(15-10-16-13)17-5-2-6-18(8-7-17)14(19)11-3-4-11/h9-11H,2-8H2,1H3. The Morgan fingerprint density at radius 3 is 2.85 bits per heavy atom. The third kappa shape index (κ3) is 2.84. The van der Waals surface area contributed by atoms with Crippen molar-refractivity contribution in [2.24, 2.45) is 5.92 Å². The second-order valence-electron chi connectivity index (χ2n) is 5.36. The smallest absolute Gasteiger partial charge is 0.225 e. The van der Waals surface area contributed by atoms with Gasteiger partial charge in [0.1, 0.15) is 12.1 Å². The normalized spacial score (nSPS) is 19.6. The molecule has 1 saturated carbocycles. The van der Waals surface area contributed by atoms with Gasteiger partial charge in [-0.25, -0.2) is 9.97 Å². The number of methoxy groups -OCH3 is 1. The summed E-state index contributed by atoms with van der Waals surface area (Å²) in [5.74, 6) is 2.09. The largest absolute Gasteiger partial charge is 0.481 e. The first-order valence-corrected chi connectivity index (χ1v) is 7.17. The predicted molar refractivity (Wildman–Crippen MR) is 74.7 cm³/mol. The molecule has 1 amide bonds. The monoisotopic (exact) mass is 276 g/mol. The number of anilines is 1. The summed E-state index contributed by atoms with van der Waals surface area (Å²) in [6.07, 6.45) is 4.64. The third-order valence-electron chi connectivity index (χ3n) is 3.89. The summed E-state index contributed by atoms with van der Waals surface area (Å²) >= 11 is 0. The fourth-order valence-corrected chi connectivity index (χ4v) is 2.57. The zero-order valence-corrected chi connectivity index (χ0v) is 11.8. The van der Waals surface area contributed by atoms with Crippen LogP contribution in [0.1, 0.15) is 19.3 Å². The predicted octanol–water partition coefficient (Wildman–Crippen LogP) is 0.934. The van der Waals surface area contributed by atoms with E-state index in [2.05, 4.69) is 14.9 Å². The molecule has 1 saturated heterocycles. The number of carbonyl (C=O) groups is 1. The summed E-state index contributed by atoms with van der Waals surface area (Å²) in [6.45, 7) is 3.36. The average Bonchev–Trinajstić information content (AvgIpc) is 3.32. The molecule has 0 atom stereocenters. The van der Waals surface area contributed by atoms with Crippen LogP contribution in [-0.4, -0.2) is 54.1 Å². The molecule has 0 N–H and O–H groups in total. The summed E-state index contributed by atoms with van der Waals surface area (Å²) in [4.78, 5) is 24.7. The summed E-state index contributed by atoms with van der Waals surface area (Å²) in [7, 11) is 1.60. The van der Waals surface area contributed by atoms with Crippen LogP contribution in [0, 0.1) is 5.92 Å². The molecule has 2 heterocycles. The zero-order valence-electron chi connectivity index (χ0n) is 11.8. The van der Waals surface area contributed by atoms with Crippen molar-refractivity contribution < 1.29 is 9.53 Å². The Hall–Kier alpha value is -1.85. The van der Waals surface area contributed by atoms with Gasteiger partial charge < -0.3 is 14.5 Å². The van der Waals surface area contributed by atoms with Crippen LogP contribution in [0.25, 0.3) is 0 Å². The molecule has 1 aliphatic heterocycles. The van der Waals surface area contributed by atoms with Crippen molar-refractivity contribution in [1.29, 1.82) is 0 Å². The van der Waals surface area contributed by atoms with Crippen LogP contribution in [0.5, 0.6) is 5.88 Å². The second kappa shape index (κ2) is 5.64. The molecule has 2 fully saturated rings. The number of rotatable bonds is 3. The van der Waals surface area contributed by atoms with Crippen LogP contribution in [0.2, 0.25) is 0 Å². The van der Waals surface area contributed by atoms with Crippen LogP contribution in [0.15, 0.2) is 12.4 Å². The maximum atomic E-state index is 12.1. The number of hydrogen-bond acceptors (Lipinski definition) is 5. The summed E-state index contributed by atoms with van der Waals surface area (Å²) in [6, 6.07) is 1.85. The summed E-state index contributed by atoms with van der Waals surface area (Å²) < 4.78 is 5.13.